The maximum atomic E-state index is 13.2. The number of rotatable bonds is 4. The average molecular weight is 359 g/mol. The molecule has 0 unspecified atom stereocenters. The highest BCUT2D eigenvalue weighted by atomic mass is 32.2. The Morgan fingerprint density at radius 2 is 2.00 bits per heavy atom. The lowest BCUT2D eigenvalue weighted by Crippen LogP contribution is -2.34. The molecule has 1 aromatic heterocycles. The van der Waals surface area contributed by atoms with Crippen molar-refractivity contribution in [1.82, 2.24) is 14.6 Å². The first-order valence-electron chi connectivity index (χ1n) is 8.38. The predicted octanol–water partition coefficient (Wildman–Crippen LogP) is 1.67. The van der Waals surface area contributed by atoms with E-state index in [1.54, 1.807) is 29.7 Å². The van der Waals surface area contributed by atoms with Gasteiger partial charge in [-0.2, -0.15) is 4.31 Å². The molecule has 0 amide bonds. The van der Waals surface area contributed by atoms with Crippen LogP contribution in [0.1, 0.15) is 11.6 Å². The lowest BCUT2D eigenvalue weighted by Gasteiger charge is -2.27. The van der Waals surface area contributed by atoms with Crippen molar-refractivity contribution in [3.8, 4) is 5.75 Å². The first kappa shape index (κ1) is 16.5. The van der Waals surface area contributed by atoms with E-state index in [1.807, 2.05) is 24.3 Å². The first-order valence-corrected chi connectivity index (χ1v) is 9.82. The van der Waals surface area contributed by atoms with E-state index in [0.717, 1.165) is 24.4 Å². The number of sulfonamides is 1. The lowest BCUT2D eigenvalue weighted by atomic mass is 9.90. The van der Waals surface area contributed by atoms with Gasteiger partial charge in [0.25, 0.3) is 0 Å². The molecule has 1 N–H and O–H groups in total. The molecular weight excluding hydrogens is 338 g/mol. The summed E-state index contributed by atoms with van der Waals surface area (Å²) in [7, 11) is -1.96. The summed E-state index contributed by atoms with van der Waals surface area (Å²) >= 11 is 0. The topological polar surface area (TPSA) is 71.5 Å². The van der Waals surface area contributed by atoms with Crippen molar-refractivity contribution in [2.75, 3.05) is 26.7 Å². The number of nitrogens with one attached hydrogen (secondary N) is 1. The van der Waals surface area contributed by atoms with Gasteiger partial charge in [0.15, 0.2) is 0 Å². The molecule has 6 nitrogen and oxygen atoms in total. The van der Waals surface area contributed by atoms with Crippen molar-refractivity contribution in [3.05, 3.63) is 54.4 Å². The zero-order valence-electron chi connectivity index (χ0n) is 14.0. The molecule has 132 valence electrons. The van der Waals surface area contributed by atoms with Crippen LogP contribution in [0, 0.1) is 11.8 Å². The summed E-state index contributed by atoms with van der Waals surface area (Å²) in [6, 6.07) is 10.8. The molecule has 2 aliphatic rings. The van der Waals surface area contributed by atoms with Gasteiger partial charge in [-0.3, -0.25) is 4.98 Å². The molecule has 2 fully saturated rings. The van der Waals surface area contributed by atoms with Crippen LogP contribution < -0.4 is 10.1 Å². The normalized spacial score (nSPS) is 26.5. The largest absolute Gasteiger partial charge is 0.497 e. The van der Waals surface area contributed by atoms with Crippen LogP contribution >= 0.6 is 0 Å². The second-order valence-electron chi connectivity index (χ2n) is 6.56. The molecule has 2 saturated heterocycles. The summed E-state index contributed by atoms with van der Waals surface area (Å²) < 4.78 is 33.3. The molecule has 0 spiro atoms. The average Bonchev–Trinajstić information content (AvgIpc) is 3.24. The van der Waals surface area contributed by atoms with Crippen LogP contribution in [-0.2, 0) is 10.0 Å². The van der Waals surface area contributed by atoms with Gasteiger partial charge < -0.3 is 10.1 Å². The van der Waals surface area contributed by atoms with Gasteiger partial charge in [-0.25, -0.2) is 8.42 Å². The second-order valence-corrected chi connectivity index (χ2v) is 8.45. The van der Waals surface area contributed by atoms with E-state index in [4.69, 9.17) is 4.74 Å². The van der Waals surface area contributed by atoms with Crippen molar-refractivity contribution >= 4 is 10.0 Å². The second kappa shape index (κ2) is 6.40. The number of methoxy groups -OCH3 is 1. The molecule has 2 aromatic rings. The van der Waals surface area contributed by atoms with Crippen LogP contribution in [0.5, 0.6) is 5.75 Å². The van der Waals surface area contributed by atoms with E-state index in [2.05, 4.69) is 10.3 Å². The van der Waals surface area contributed by atoms with Gasteiger partial charge in [0.05, 0.1) is 13.2 Å². The highest BCUT2D eigenvalue weighted by Gasteiger charge is 2.49. The number of nitrogens with zero attached hydrogens (tertiary/aromatic N) is 2. The van der Waals surface area contributed by atoms with Crippen molar-refractivity contribution in [2.24, 2.45) is 11.8 Å². The van der Waals surface area contributed by atoms with Crippen LogP contribution in [0.15, 0.2) is 53.7 Å². The molecule has 7 heteroatoms. The quantitative estimate of drug-likeness (QED) is 0.899. The molecule has 3 atom stereocenters. The van der Waals surface area contributed by atoms with E-state index in [0.29, 0.717) is 12.5 Å². The summed E-state index contributed by atoms with van der Waals surface area (Å²) in [4.78, 5) is 4.23. The summed E-state index contributed by atoms with van der Waals surface area (Å²) in [6.07, 6.45) is 3.01. The number of ether oxygens (including phenoxy) is 1. The Labute approximate surface area is 147 Å². The number of aromatic nitrogens is 1. The van der Waals surface area contributed by atoms with Gasteiger partial charge in [-0.1, -0.05) is 12.1 Å². The highest BCUT2D eigenvalue weighted by molar-refractivity contribution is 7.89. The van der Waals surface area contributed by atoms with Gasteiger partial charge in [0.1, 0.15) is 10.6 Å². The number of fused-ring (bicyclic) bond motifs is 1. The zero-order chi connectivity index (χ0) is 17.4. The van der Waals surface area contributed by atoms with Crippen molar-refractivity contribution in [2.45, 2.75) is 10.9 Å². The molecule has 0 saturated carbocycles. The molecule has 0 bridgehead atoms. The van der Waals surface area contributed by atoms with E-state index >= 15 is 0 Å². The van der Waals surface area contributed by atoms with Crippen LogP contribution in [0.4, 0.5) is 0 Å². The van der Waals surface area contributed by atoms with Gasteiger partial charge in [0.2, 0.25) is 10.0 Å². The standard InChI is InChI=1S/C18H21N3O3S/c1-24-15-6-4-13(5-7-15)18-17-11-20-9-14(17)12-21(18)25(22,23)16-3-2-8-19-10-16/h2-8,10,14,17-18,20H,9,11-12H2,1H3/t14-,17-,18+/m0/s1. The minimum Gasteiger partial charge on any atom is -0.497 e. The first-order chi connectivity index (χ1) is 12.1. The lowest BCUT2D eigenvalue weighted by molar-refractivity contribution is 0.345. The fourth-order valence-electron chi connectivity index (χ4n) is 3.98. The van der Waals surface area contributed by atoms with Crippen molar-refractivity contribution in [3.63, 3.8) is 0 Å². The Kier molecular flexibility index (Phi) is 4.23. The van der Waals surface area contributed by atoms with Gasteiger partial charge in [0, 0.05) is 25.5 Å². The van der Waals surface area contributed by atoms with E-state index in [1.165, 1.54) is 6.20 Å². The monoisotopic (exact) mass is 359 g/mol. The Balaban J connectivity index is 1.75. The Morgan fingerprint density at radius 1 is 1.20 bits per heavy atom. The third kappa shape index (κ3) is 2.82. The number of pyridine rings is 1. The van der Waals surface area contributed by atoms with Crippen LogP contribution in [0.25, 0.3) is 0 Å². The van der Waals surface area contributed by atoms with Gasteiger partial charge >= 0.3 is 0 Å². The molecule has 0 aliphatic carbocycles. The summed E-state index contributed by atoms with van der Waals surface area (Å²) in [5.74, 6) is 1.38. The zero-order valence-corrected chi connectivity index (χ0v) is 14.8. The molecule has 25 heavy (non-hydrogen) atoms. The van der Waals surface area contributed by atoms with E-state index in [9.17, 15) is 8.42 Å². The van der Waals surface area contributed by atoms with E-state index in [-0.39, 0.29) is 16.9 Å². The molecule has 0 radical (unpaired) electrons. The van der Waals surface area contributed by atoms with Gasteiger partial charge in [-0.15, -0.1) is 0 Å². The maximum absolute atomic E-state index is 13.2. The molecule has 2 aliphatic heterocycles. The van der Waals surface area contributed by atoms with Crippen molar-refractivity contribution in [1.29, 1.82) is 0 Å². The maximum Gasteiger partial charge on any atom is 0.245 e. The number of benzene rings is 1. The Hall–Kier alpha value is -1.96. The van der Waals surface area contributed by atoms with E-state index < -0.39 is 10.0 Å². The highest BCUT2D eigenvalue weighted by Crippen LogP contribution is 2.45. The Bertz CT molecular complexity index is 840. The summed E-state index contributed by atoms with van der Waals surface area (Å²) in [5, 5.41) is 3.40. The van der Waals surface area contributed by atoms with Crippen LogP contribution in [0.3, 0.4) is 0 Å². The molecule has 3 heterocycles. The van der Waals surface area contributed by atoms with Crippen LogP contribution in [0.2, 0.25) is 0 Å². The summed E-state index contributed by atoms with van der Waals surface area (Å²) in [5.41, 5.74) is 1.00. The van der Waals surface area contributed by atoms with Gasteiger partial charge in [-0.05, 0) is 48.2 Å². The summed E-state index contributed by atoms with van der Waals surface area (Å²) in [6.45, 7) is 2.22. The number of hydrogen-bond donors (Lipinski definition) is 1. The third-order valence-corrected chi connectivity index (χ3v) is 7.05. The number of hydrogen-bond acceptors (Lipinski definition) is 5. The van der Waals surface area contributed by atoms with Crippen molar-refractivity contribution < 1.29 is 13.2 Å². The third-order valence-electron chi connectivity index (χ3n) is 5.22. The molecular formula is C18H21N3O3S. The molecule has 1 aromatic carbocycles. The minimum atomic E-state index is -3.58. The SMILES string of the molecule is COc1ccc([C@@H]2[C@H]3CNC[C@H]3CN2S(=O)(=O)c2cccnc2)cc1. The minimum absolute atomic E-state index is 0.170. The Morgan fingerprint density at radius 3 is 2.68 bits per heavy atom. The molecule has 4 rings (SSSR count). The fourth-order valence-corrected chi connectivity index (χ4v) is 5.66. The smallest absolute Gasteiger partial charge is 0.245 e. The van der Waals surface area contributed by atoms with Crippen LogP contribution in [-0.4, -0.2) is 44.5 Å². The fraction of sp³-hybridized carbons (Fsp3) is 0.389. The predicted molar refractivity (Wildman–Crippen MR) is 93.7 cm³/mol.